The number of nitrogens with zero attached hydrogens (tertiary/aromatic N) is 4. The number of nitriles is 1. The zero-order chi connectivity index (χ0) is 18.4. The van der Waals surface area contributed by atoms with Crippen LogP contribution < -0.4 is 0 Å². The lowest BCUT2D eigenvalue weighted by Crippen LogP contribution is -2.06. The highest BCUT2D eigenvalue weighted by Crippen LogP contribution is 2.10. The van der Waals surface area contributed by atoms with Gasteiger partial charge in [0.05, 0.1) is 17.7 Å². The van der Waals surface area contributed by atoms with Crippen LogP contribution in [0, 0.1) is 17.9 Å². The van der Waals surface area contributed by atoms with Gasteiger partial charge in [-0.25, -0.2) is 0 Å². The van der Waals surface area contributed by atoms with Crippen LogP contribution in [0.5, 0.6) is 0 Å². The van der Waals surface area contributed by atoms with E-state index in [0.717, 1.165) is 12.5 Å². The van der Waals surface area contributed by atoms with Crippen LogP contribution in [0.2, 0.25) is 0 Å². The van der Waals surface area contributed by atoms with Crippen LogP contribution in [-0.2, 0) is 28.8 Å². The van der Waals surface area contributed by atoms with Gasteiger partial charge in [0.2, 0.25) is 0 Å². The zero-order valence-corrected chi connectivity index (χ0v) is 14.0. The summed E-state index contributed by atoms with van der Waals surface area (Å²) in [7, 11) is -7.78. The van der Waals surface area contributed by atoms with Gasteiger partial charge in [0, 0.05) is 11.1 Å². The van der Waals surface area contributed by atoms with Gasteiger partial charge in [0.15, 0.2) is 5.71 Å². The molecule has 0 aromatic heterocycles. The first-order chi connectivity index (χ1) is 11.1. The third-order valence-electron chi connectivity index (χ3n) is 2.13. The van der Waals surface area contributed by atoms with E-state index in [4.69, 9.17) is 11.8 Å². The van der Waals surface area contributed by atoms with Gasteiger partial charge in [0.25, 0.3) is 0 Å². The molecule has 126 valence electrons. The average Bonchev–Trinajstić information content (AvgIpc) is 2.47. The smallest absolute Gasteiger partial charge is 0.347 e. The van der Waals surface area contributed by atoms with E-state index >= 15 is 0 Å². The Kier molecular flexibility index (Phi) is 6.00. The van der Waals surface area contributed by atoms with Crippen LogP contribution in [0.15, 0.2) is 34.6 Å². The van der Waals surface area contributed by atoms with E-state index in [1.54, 1.807) is 6.07 Å². The Hall–Kier alpha value is -2.96. The second-order valence-electron chi connectivity index (χ2n) is 4.22. The molecule has 0 saturated carbocycles. The summed E-state index contributed by atoms with van der Waals surface area (Å²) in [4.78, 5) is 3.03. The van der Waals surface area contributed by atoms with E-state index in [1.165, 1.54) is 24.3 Å². The highest BCUT2D eigenvalue weighted by molar-refractivity contribution is 7.86. The zero-order valence-electron chi connectivity index (χ0n) is 12.4. The van der Waals surface area contributed by atoms with E-state index < -0.39 is 20.2 Å². The summed E-state index contributed by atoms with van der Waals surface area (Å²) in [6.07, 6.45) is 1.52. The van der Waals surface area contributed by atoms with Gasteiger partial charge in [-0.1, -0.05) is 36.0 Å². The molecule has 10 nitrogen and oxygen atoms in total. The maximum Gasteiger partial charge on any atom is 0.347 e. The fraction of sp³-hybridized carbons (Fsp3) is 0.167. The van der Waals surface area contributed by atoms with Crippen LogP contribution in [0.4, 0.5) is 0 Å². The number of amidine groups is 1. The molecule has 0 atom stereocenters. The second kappa shape index (κ2) is 7.54. The Balaban J connectivity index is 3.26. The molecule has 0 amide bonds. The molecular weight excluding hydrogens is 360 g/mol. The van der Waals surface area contributed by atoms with Crippen molar-refractivity contribution >= 4 is 31.8 Å². The summed E-state index contributed by atoms with van der Waals surface area (Å²) in [5.41, 5.74) is -0.0987. The summed E-state index contributed by atoms with van der Waals surface area (Å²) >= 11 is 0. The number of benzene rings is 1. The maximum absolute atomic E-state index is 10.9. The van der Waals surface area contributed by atoms with Crippen molar-refractivity contribution in [3.63, 3.8) is 0 Å². The molecule has 1 aromatic carbocycles. The highest BCUT2D eigenvalue weighted by Gasteiger charge is 2.13. The van der Waals surface area contributed by atoms with Crippen LogP contribution in [-0.4, -0.2) is 40.9 Å². The minimum atomic E-state index is -3.89. The summed E-state index contributed by atoms with van der Waals surface area (Å²) in [5, 5.41) is 15.5. The van der Waals surface area contributed by atoms with Crippen LogP contribution >= 0.6 is 0 Å². The maximum atomic E-state index is 10.9. The molecule has 1 aromatic rings. The predicted molar refractivity (Wildman–Crippen MR) is 83.6 cm³/mol. The monoisotopic (exact) mass is 370 g/mol. The quantitative estimate of drug-likeness (QED) is 0.306. The molecule has 1 rings (SSSR count). The van der Waals surface area contributed by atoms with Gasteiger partial charge in [-0.3, -0.25) is 4.28 Å². The van der Waals surface area contributed by atoms with E-state index in [9.17, 15) is 16.8 Å². The fourth-order valence-electron chi connectivity index (χ4n) is 1.29. The summed E-state index contributed by atoms with van der Waals surface area (Å²) < 4.78 is 52.1. The van der Waals surface area contributed by atoms with Crippen molar-refractivity contribution in [2.45, 2.75) is 0 Å². The normalized spacial score (nSPS) is 12.8. The SMILES string of the molecule is [C-]#[N+]C(=NOS(C)(=O)=O)c1cccc(C(C#N)=NOS(C)(=O)=O)c1. The van der Waals surface area contributed by atoms with E-state index in [1.807, 2.05) is 0 Å². The van der Waals surface area contributed by atoms with Crippen LogP contribution in [0.1, 0.15) is 11.1 Å². The molecule has 0 N–H and O–H groups in total. The lowest BCUT2D eigenvalue weighted by atomic mass is 10.1. The molecule has 0 fully saturated rings. The minimum absolute atomic E-state index is 0.133. The molecule has 0 saturated heterocycles. The molecule has 0 unspecified atom stereocenters. The van der Waals surface area contributed by atoms with Gasteiger partial charge in [-0.05, 0) is 0 Å². The Morgan fingerprint density at radius 3 is 2.17 bits per heavy atom. The number of rotatable bonds is 6. The van der Waals surface area contributed by atoms with Gasteiger partial charge < -0.3 is 4.85 Å². The van der Waals surface area contributed by atoms with Crippen molar-refractivity contribution in [2.24, 2.45) is 10.3 Å². The largest absolute Gasteiger partial charge is 0.357 e. The molecule has 0 radical (unpaired) electrons. The lowest BCUT2D eigenvalue weighted by molar-refractivity contribution is 0.343. The number of hydrogen-bond donors (Lipinski definition) is 0. The van der Waals surface area contributed by atoms with Gasteiger partial charge in [0.1, 0.15) is 6.07 Å². The minimum Gasteiger partial charge on any atom is -0.357 e. The average molecular weight is 370 g/mol. The van der Waals surface area contributed by atoms with Crippen molar-refractivity contribution < 1.29 is 25.4 Å². The molecule has 0 aliphatic heterocycles. The third kappa shape index (κ3) is 6.43. The molecule has 0 heterocycles. The third-order valence-corrected chi connectivity index (χ3v) is 2.82. The highest BCUT2D eigenvalue weighted by atomic mass is 32.2. The van der Waals surface area contributed by atoms with Crippen molar-refractivity contribution in [1.82, 2.24) is 0 Å². The predicted octanol–water partition coefficient (Wildman–Crippen LogP) is 0.448. The first kappa shape index (κ1) is 19.1. The first-order valence-corrected chi connectivity index (χ1v) is 9.50. The molecule has 0 bridgehead atoms. The second-order valence-corrected chi connectivity index (χ2v) is 7.33. The van der Waals surface area contributed by atoms with Gasteiger partial charge >= 0.3 is 26.1 Å². The fourth-order valence-corrected chi connectivity index (χ4v) is 1.70. The van der Waals surface area contributed by atoms with Gasteiger partial charge in [-0.15, -0.1) is 0 Å². The van der Waals surface area contributed by atoms with E-state index in [2.05, 4.69) is 23.7 Å². The lowest BCUT2D eigenvalue weighted by Gasteiger charge is -2.02. The first-order valence-electron chi connectivity index (χ1n) is 5.87. The molecular formula is C12H10N4O6S2. The summed E-state index contributed by atoms with van der Waals surface area (Å²) in [5.74, 6) is -0.386. The van der Waals surface area contributed by atoms with Crippen LogP contribution in [0.3, 0.4) is 0 Å². The summed E-state index contributed by atoms with van der Waals surface area (Å²) in [6, 6.07) is 7.18. The van der Waals surface area contributed by atoms with Crippen molar-refractivity contribution in [3.05, 3.63) is 46.8 Å². The number of hydrogen-bond acceptors (Lipinski definition) is 9. The van der Waals surface area contributed by atoms with E-state index in [-0.39, 0.29) is 22.7 Å². The molecule has 12 heteroatoms. The van der Waals surface area contributed by atoms with E-state index in [0.29, 0.717) is 0 Å². The molecule has 0 aliphatic carbocycles. The molecule has 24 heavy (non-hydrogen) atoms. The Labute approximate surface area is 138 Å². The Bertz CT molecular complexity index is 904. The van der Waals surface area contributed by atoms with Crippen LogP contribution in [0.25, 0.3) is 4.85 Å². The van der Waals surface area contributed by atoms with Crippen molar-refractivity contribution in [1.29, 1.82) is 5.26 Å². The molecule has 0 aliphatic rings. The van der Waals surface area contributed by atoms with Gasteiger partial charge in [-0.2, -0.15) is 26.4 Å². The van der Waals surface area contributed by atoms with Crippen molar-refractivity contribution in [2.75, 3.05) is 12.5 Å². The summed E-state index contributed by atoms with van der Waals surface area (Å²) in [6.45, 7) is 7.01. The number of oxime groups is 2. The Morgan fingerprint density at radius 2 is 1.67 bits per heavy atom. The standard InChI is InChI=1S/C12H10N4O6S2/c1-14-12(16-22-24(3,19)20)10-6-4-5-9(7-10)11(8-13)15-21-23(2,17)18/h4-7H,2-3H3. The Morgan fingerprint density at radius 1 is 1.12 bits per heavy atom. The molecule has 0 spiro atoms. The topological polar surface area (TPSA) is 140 Å². The van der Waals surface area contributed by atoms with Crippen molar-refractivity contribution in [3.8, 4) is 6.07 Å².